The summed E-state index contributed by atoms with van der Waals surface area (Å²) in [6.45, 7) is -0.256. The average molecular weight is 571 g/mol. The predicted molar refractivity (Wildman–Crippen MR) is 153 cm³/mol. The lowest BCUT2D eigenvalue weighted by atomic mass is 10.1. The number of carbonyl (C=O) groups excluding carboxylic acids is 4. The average Bonchev–Trinajstić information content (AvgIpc) is 3.44. The molecule has 0 radical (unpaired) electrons. The number of ether oxygens (including phenoxy) is 1. The van der Waals surface area contributed by atoms with E-state index in [9.17, 15) is 29.3 Å². The van der Waals surface area contributed by atoms with Gasteiger partial charge in [-0.15, -0.1) is 0 Å². The van der Waals surface area contributed by atoms with Gasteiger partial charge < -0.3 is 14.6 Å². The molecule has 0 unspecified atom stereocenters. The number of nitrogens with one attached hydrogen (secondary N) is 1. The van der Waals surface area contributed by atoms with E-state index in [0.29, 0.717) is 16.8 Å². The van der Waals surface area contributed by atoms with Gasteiger partial charge in [0.2, 0.25) is 5.91 Å². The molecule has 3 amide bonds. The van der Waals surface area contributed by atoms with Gasteiger partial charge in [-0.1, -0.05) is 36.4 Å². The van der Waals surface area contributed by atoms with Gasteiger partial charge in [-0.05, 0) is 48.2 Å². The Labute approximate surface area is 237 Å². The molecule has 0 spiro atoms. The van der Waals surface area contributed by atoms with Gasteiger partial charge in [0.25, 0.3) is 16.8 Å². The molecule has 1 fully saturated rings. The molecule has 0 aliphatic carbocycles. The van der Waals surface area contributed by atoms with Crippen molar-refractivity contribution in [1.29, 1.82) is 0 Å². The topological polar surface area (TPSA) is 141 Å². The molecule has 0 bridgehead atoms. The third-order valence-corrected chi connectivity index (χ3v) is 7.31. The molecule has 0 saturated carbocycles. The number of carbonyl (C=O) groups is 4. The van der Waals surface area contributed by atoms with Crippen LogP contribution < -0.4 is 5.32 Å². The molecule has 1 aliphatic rings. The van der Waals surface area contributed by atoms with E-state index in [1.54, 1.807) is 47.2 Å². The highest BCUT2D eigenvalue weighted by Gasteiger charge is 2.36. The lowest BCUT2D eigenvalue weighted by Gasteiger charge is -2.12. The summed E-state index contributed by atoms with van der Waals surface area (Å²) in [5, 5.41) is 14.4. The molecule has 206 valence electrons. The number of para-hydroxylation sites is 2. The minimum Gasteiger partial charge on any atom is -0.465 e. The molecule has 1 N–H and O–H groups in total. The highest BCUT2D eigenvalue weighted by molar-refractivity contribution is 8.18. The number of fused-ring (bicyclic) bond motifs is 1. The number of nitrogens with zero attached hydrogens (tertiary/aromatic N) is 3. The quantitative estimate of drug-likeness (QED) is 0.132. The van der Waals surface area contributed by atoms with E-state index in [1.807, 2.05) is 24.3 Å². The van der Waals surface area contributed by atoms with Gasteiger partial charge in [-0.2, -0.15) is 0 Å². The van der Waals surface area contributed by atoms with Gasteiger partial charge in [-0.3, -0.25) is 29.4 Å². The summed E-state index contributed by atoms with van der Waals surface area (Å²) in [6.07, 6.45) is 3.31. The number of esters is 1. The minimum absolute atomic E-state index is 0.0355. The van der Waals surface area contributed by atoms with Crippen LogP contribution in [0.5, 0.6) is 0 Å². The van der Waals surface area contributed by atoms with Gasteiger partial charge in [0.15, 0.2) is 0 Å². The fourth-order valence-corrected chi connectivity index (χ4v) is 5.28. The Morgan fingerprint density at radius 2 is 1.73 bits per heavy atom. The first-order valence-corrected chi connectivity index (χ1v) is 13.1. The Bertz CT molecular complexity index is 1740. The summed E-state index contributed by atoms with van der Waals surface area (Å²) in [6, 6.07) is 19.6. The predicted octanol–water partition coefficient (Wildman–Crippen LogP) is 5.21. The largest absolute Gasteiger partial charge is 0.465 e. The Kier molecular flexibility index (Phi) is 7.66. The molecule has 11 nitrogen and oxygen atoms in total. The zero-order chi connectivity index (χ0) is 29.1. The number of benzene rings is 3. The number of amides is 3. The van der Waals surface area contributed by atoms with Crippen LogP contribution in [0.4, 0.5) is 16.2 Å². The van der Waals surface area contributed by atoms with Crippen molar-refractivity contribution in [2.75, 3.05) is 12.4 Å². The molecular formula is C29H22N4O7S. The lowest BCUT2D eigenvalue weighted by Crippen LogP contribution is -2.27. The van der Waals surface area contributed by atoms with Crippen LogP contribution >= 0.6 is 11.8 Å². The third kappa shape index (κ3) is 5.72. The number of rotatable bonds is 8. The fraction of sp³-hybridized carbons (Fsp3) is 0.103. The number of imide groups is 1. The summed E-state index contributed by atoms with van der Waals surface area (Å²) >= 11 is 0.756. The van der Waals surface area contributed by atoms with Crippen molar-refractivity contribution in [2.24, 2.45) is 0 Å². The minimum atomic E-state index is -0.553. The molecule has 2 heterocycles. The molecule has 1 aromatic heterocycles. The fourth-order valence-electron chi connectivity index (χ4n) is 4.45. The van der Waals surface area contributed by atoms with Crippen LogP contribution in [0.15, 0.2) is 83.9 Å². The van der Waals surface area contributed by atoms with E-state index >= 15 is 0 Å². The van der Waals surface area contributed by atoms with Crippen molar-refractivity contribution >= 4 is 63.1 Å². The number of methoxy groups -OCH3 is 1. The monoisotopic (exact) mass is 570 g/mol. The molecule has 12 heteroatoms. The summed E-state index contributed by atoms with van der Waals surface area (Å²) < 4.78 is 6.42. The normalized spacial score (nSPS) is 14.1. The summed E-state index contributed by atoms with van der Waals surface area (Å²) in [5.74, 6) is -1.34. The van der Waals surface area contributed by atoms with E-state index in [4.69, 9.17) is 0 Å². The highest BCUT2D eigenvalue weighted by Crippen LogP contribution is 2.36. The van der Waals surface area contributed by atoms with Crippen LogP contribution in [0.25, 0.3) is 17.0 Å². The molecule has 4 aromatic rings. The number of hydrogen-bond donors (Lipinski definition) is 1. The van der Waals surface area contributed by atoms with Crippen LogP contribution in [0.1, 0.15) is 21.5 Å². The van der Waals surface area contributed by atoms with Crippen molar-refractivity contribution in [1.82, 2.24) is 9.47 Å². The number of hydrogen-bond acceptors (Lipinski definition) is 8. The summed E-state index contributed by atoms with van der Waals surface area (Å²) in [5.41, 5.74) is 2.32. The van der Waals surface area contributed by atoms with Crippen LogP contribution in [0, 0.1) is 10.1 Å². The van der Waals surface area contributed by atoms with Crippen molar-refractivity contribution in [2.45, 2.75) is 13.1 Å². The van der Waals surface area contributed by atoms with E-state index in [2.05, 4.69) is 10.1 Å². The smallest absolute Gasteiger partial charge is 0.337 e. The number of nitro benzene ring substituents is 1. The first kappa shape index (κ1) is 27.3. The second-order valence-electron chi connectivity index (χ2n) is 9.00. The zero-order valence-corrected chi connectivity index (χ0v) is 22.4. The third-order valence-electron chi connectivity index (χ3n) is 6.40. The number of aromatic nitrogens is 1. The molecule has 5 rings (SSSR count). The Hall–Kier alpha value is -5.23. The first-order valence-electron chi connectivity index (χ1n) is 12.3. The van der Waals surface area contributed by atoms with Crippen LogP contribution in [-0.4, -0.2) is 44.5 Å². The van der Waals surface area contributed by atoms with Crippen molar-refractivity contribution in [3.8, 4) is 0 Å². The van der Waals surface area contributed by atoms with E-state index < -0.39 is 22.0 Å². The second-order valence-corrected chi connectivity index (χ2v) is 9.99. The molecule has 1 saturated heterocycles. The van der Waals surface area contributed by atoms with Crippen molar-refractivity contribution < 1.29 is 28.8 Å². The molecular weight excluding hydrogens is 548 g/mol. The van der Waals surface area contributed by atoms with Gasteiger partial charge in [0.05, 0.1) is 29.0 Å². The zero-order valence-electron chi connectivity index (χ0n) is 21.6. The van der Waals surface area contributed by atoms with E-state index in [-0.39, 0.29) is 35.2 Å². The lowest BCUT2D eigenvalue weighted by molar-refractivity contribution is -0.385. The maximum absolute atomic E-state index is 13.2. The molecule has 41 heavy (non-hydrogen) atoms. The van der Waals surface area contributed by atoms with Gasteiger partial charge in [0, 0.05) is 40.0 Å². The SMILES string of the molecule is COC(=O)c1ccc(NC(=O)Cn2cc(/C=C3\SC(=O)N(Cc4ccccc4[N+](=O)[O-])C3=O)c3ccccc32)cc1. The standard InChI is InChI=1S/C29H22N4O7S/c1-40-28(36)18-10-12-21(13-11-18)30-26(34)17-31-15-20(22-7-3-5-9-24(22)31)14-25-27(35)32(29(37)41-25)16-19-6-2-4-8-23(19)33(38)39/h2-15H,16-17H2,1H3,(H,30,34)/b25-14-. The summed E-state index contributed by atoms with van der Waals surface area (Å²) in [4.78, 5) is 62.3. The highest BCUT2D eigenvalue weighted by atomic mass is 32.2. The maximum Gasteiger partial charge on any atom is 0.337 e. The summed E-state index contributed by atoms with van der Waals surface area (Å²) in [7, 11) is 1.29. The second kappa shape index (κ2) is 11.5. The Morgan fingerprint density at radius 1 is 1.02 bits per heavy atom. The first-order chi connectivity index (χ1) is 19.7. The Balaban J connectivity index is 1.36. The number of thioether (sulfide) groups is 1. The van der Waals surface area contributed by atoms with Gasteiger partial charge >= 0.3 is 5.97 Å². The molecule has 1 aliphatic heterocycles. The van der Waals surface area contributed by atoms with Gasteiger partial charge in [0.1, 0.15) is 6.54 Å². The van der Waals surface area contributed by atoms with Crippen LogP contribution in [-0.2, 0) is 27.4 Å². The van der Waals surface area contributed by atoms with Crippen LogP contribution in [0.2, 0.25) is 0 Å². The maximum atomic E-state index is 13.2. The van der Waals surface area contributed by atoms with Gasteiger partial charge in [-0.25, -0.2) is 4.79 Å². The van der Waals surface area contributed by atoms with Crippen molar-refractivity contribution in [3.05, 3.63) is 111 Å². The van der Waals surface area contributed by atoms with Crippen LogP contribution in [0.3, 0.4) is 0 Å². The Morgan fingerprint density at radius 3 is 2.46 bits per heavy atom. The van der Waals surface area contributed by atoms with Crippen molar-refractivity contribution in [3.63, 3.8) is 0 Å². The molecule has 3 aromatic carbocycles. The number of anilines is 1. The van der Waals surface area contributed by atoms with E-state index in [0.717, 1.165) is 27.6 Å². The van der Waals surface area contributed by atoms with E-state index in [1.165, 1.54) is 25.3 Å². The molecule has 0 atom stereocenters. The number of nitro groups is 1.